The second kappa shape index (κ2) is 8.21. The zero-order valence-electron chi connectivity index (χ0n) is 16.3. The summed E-state index contributed by atoms with van der Waals surface area (Å²) in [5, 5.41) is 0. The average molecular weight is 414 g/mol. The molecule has 2 atom stereocenters. The van der Waals surface area contributed by atoms with Gasteiger partial charge in [0.05, 0.1) is 16.4 Å². The van der Waals surface area contributed by atoms with Crippen LogP contribution in [0.1, 0.15) is 70.3 Å². The molecule has 0 N–H and O–H groups in total. The largest absolute Gasteiger partial charge is 0.243 e. The monoisotopic (exact) mass is 413 g/mol. The van der Waals surface area contributed by atoms with Gasteiger partial charge in [-0.3, -0.25) is 0 Å². The summed E-state index contributed by atoms with van der Waals surface area (Å²) in [6.45, 7) is 4.24. The van der Waals surface area contributed by atoms with E-state index in [9.17, 15) is 16.8 Å². The Bertz CT molecular complexity index is 840. The molecule has 1 aromatic rings. The van der Waals surface area contributed by atoms with Crippen molar-refractivity contribution in [2.45, 2.75) is 81.7 Å². The van der Waals surface area contributed by atoms with Crippen molar-refractivity contribution in [1.82, 2.24) is 4.31 Å². The molecule has 0 radical (unpaired) electrons. The normalized spacial score (nSPS) is 24.9. The number of sulfone groups is 1. The first kappa shape index (κ1) is 20.8. The molecule has 0 bridgehead atoms. The first-order valence-electron chi connectivity index (χ1n) is 10.1. The van der Waals surface area contributed by atoms with E-state index < -0.39 is 25.9 Å². The lowest BCUT2D eigenvalue weighted by molar-refractivity contribution is 0.213. The molecule has 0 amide bonds. The van der Waals surface area contributed by atoms with Gasteiger partial charge in [0.25, 0.3) is 0 Å². The van der Waals surface area contributed by atoms with Crippen molar-refractivity contribution in [2.75, 3.05) is 11.5 Å². The maximum Gasteiger partial charge on any atom is 0.243 e. The molecule has 1 saturated carbocycles. The van der Waals surface area contributed by atoms with Crippen molar-refractivity contribution in [1.29, 1.82) is 0 Å². The summed E-state index contributed by atoms with van der Waals surface area (Å²) < 4.78 is 52.6. The number of sulfonamides is 1. The fourth-order valence-corrected chi connectivity index (χ4v) is 8.03. The molecule has 1 aliphatic carbocycles. The minimum Gasteiger partial charge on any atom is -0.229 e. The van der Waals surface area contributed by atoms with Crippen LogP contribution in [-0.2, 0) is 19.9 Å². The van der Waals surface area contributed by atoms with E-state index in [1.54, 1.807) is 16.4 Å². The highest BCUT2D eigenvalue weighted by Crippen LogP contribution is 2.33. The zero-order valence-corrected chi connectivity index (χ0v) is 17.9. The summed E-state index contributed by atoms with van der Waals surface area (Å²) in [5.74, 6) is 0.424. The predicted molar refractivity (Wildman–Crippen MR) is 108 cm³/mol. The Labute approximate surface area is 164 Å². The molecule has 27 heavy (non-hydrogen) atoms. The van der Waals surface area contributed by atoms with Crippen LogP contribution in [0.3, 0.4) is 0 Å². The molecule has 0 unspecified atom stereocenters. The molecule has 0 spiro atoms. The van der Waals surface area contributed by atoms with Crippen LogP contribution in [0.15, 0.2) is 29.2 Å². The molecule has 5 nitrogen and oxygen atoms in total. The molecular formula is C20H31NO4S2. The van der Waals surface area contributed by atoms with Gasteiger partial charge in [-0.25, -0.2) is 16.8 Å². The highest BCUT2D eigenvalue weighted by molar-refractivity contribution is 7.92. The molecule has 2 aliphatic rings. The van der Waals surface area contributed by atoms with Crippen LogP contribution in [-0.4, -0.2) is 44.7 Å². The van der Waals surface area contributed by atoms with Crippen LogP contribution in [0, 0.1) is 0 Å². The Kier molecular flexibility index (Phi) is 6.33. The van der Waals surface area contributed by atoms with Crippen LogP contribution in [0.5, 0.6) is 0 Å². The lowest BCUT2D eigenvalue weighted by Gasteiger charge is -2.37. The molecule has 3 rings (SSSR count). The third-order valence-electron chi connectivity index (χ3n) is 6.14. The van der Waals surface area contributed by atoms with E-state index in [1.807, 2.05) is 12.1 Å². The number of rotatable bonds is 6. The Morgan fingerprint density at radius 2 is 1.67 bits per heavy atom. The van der Waals surface area contributed by atoms with Gasteiger partial charge in [0.2, 0.25) is 10.0 Å². The van der Waals surface area contributed by atoms with Crippen LogP contribution in [0.4, 0.5) is 0 Å². The summed E-state index contributed by atoms with van der Waals surface area (Å²) in [4.78, 5) is 0.282. The van der Waals surface area contributed by atoms with Crippen molar-refractivity contribution >= 4 is 19.9 Å². The maximum absolute atomic E-state index is 13.5. The molecular weight excluding hydrogens is 382 g/mol. The van der Waals surface area contributed by atoms with E-state index >= 15 is 0 Å². The summed E-state index contributed by atoms with van der Waals surface area (Å²) in [6, 6.07) is 6.65. The smallest absolute Gasteiger partial charge is 0.229 e. The van der Waals surface area contributed by atoms with E-state index in [-0.39, 0.29) is 22.4 Å². The van der Waals surface area contributed by atoms with Crippen molar-refractivity contribution in [3.8, 4) is 0 Å². The highest BCUT2D eigenvalue weighted by Gasteiger charge is 2.42. The van der Waals surface area contributed by atoms with Gasteiger partial charge in [-0.15, -0.1) is 0 Å². The first-order chi connectivity index (χ1) is 12.7. The van der Waals surface area contributed by atoms with Crippen LogP contribution in [0.2, 0.25) is 0 Å². The van der Waals surface area contributed by atoms with Crippen LogP contribution < -0.4 is 0 Å². The SMILES string of the molecule is CC[C@H](C)c1ccc(S(=O)(=O)N(C2CCCCC2)[C@@H]2CCS(=O)(=O)C2)cc1. The second-order valence-corrected chi connectivity index (χ2v) is 12.1. The number of benzene rings is 1. The third-order valence-corrected chi connectivity index (χ3v) is 9.91. The van der Waals surface area contributed by atoms with E-state index in [2.05, 4.69) is 13.8 Å². The number of hydrogen-bond acceptors (Lipinski definition) is 4. The topological polar surface area (TPSA) is 71.5 Å². The average Bonchev–Trinajstić information content (AvgIpc) is 3.01. The Morgan fingerprint density at radius 3 is 2.19 bits per heavy atom. The van der Waals surface area contributed by atoms with Gasteiger partial charge in [0.1, 0.15) is 0 Å². The molecule has 152 valence electrons. The van der Waals surface area contributed by atoms with Gasteiger partial charge < -0.3 is 0 Å². The quantitative estimate of drug-likeness (QED) is 0.713. The molecule has 0 aromatic heterocycles. The Hall–Kier alpha value is -0.920. The summed E-state index contributed by atoms with van der Waals surface area (Å²) in [7, 11) is -6.86. The fourth-order valence-electron chi connectivity index (χ4n) is 4.33. The van der Waals surface area contributed by atoms with Gasteiger partial charge in [-0.2, -0.15) is 4.31 Å². The Morgan fingerprint density at radius 1 is 1.04 bits per heavy atom. The van der Waals surface area contributed by atoms with Crippen molar-refractivity contribution in [2.24, 2.45) is 0 Å². The second-order valence-electron chi connectivity index (χ2n) is 8.06. The van der Waals surface area contributed by atoms with E-state index in [1.165, 1.54) is 0 Å². The van der Waals surface area contributed by atoms with Gasteiger partial charge in [-0.1, -0.05) is 45.2 Å². The van der Waals surface area contributed by atoms with Gasteiger partial charge >= 0.3 is 0 Å². The number of hydrogen-bond donors (Lipinski definition) is 0. The zero-order chi connectivity index (χ0) is 19.7. The van der Waals surface area contributed by atoms with Crippen LogP contribution >= 0.6 is 0 Å². The summed E-state index contributed by atoms with van der Waals surface area (Å²) in [6.07, 6.45) is 6.17. The summed E-state index contributed by atoms with van der Waals surface area (Å²) in [5.41, 5.74) is 1.13. The fraction of sp³-hybridized carbons (Fsp3) is 0.700. The van der Waals surface area contributed by atoms with Crippen molar-refractivity contribution in [3.05, 3.63) is 29.8 Å². The standard InChI is InChI=1S/C20H31NO4S2/c1-3-16(2)17-9-11-20(12-10-17)27(24,25)21(18-7-5-4-6-8-18)19-13-14-26(22,23)15-19/h9-12,16,18-19H,3-8,13-15H2,1-2H3/t16-,19+/m0/s1. The lowest BCUT2D eigenvalue weighted by atomic mass is 9.95. The molecule has 7 heteroatoms. The van der Waals surface area contributed by atoms with E-state index in [4.69, 9.17) is 0 Å². The lowest BCUT2D eigenvalue weighted by Crippen LogP contribution is -2.48. The van der Waals surface area contributed by atoms with Crippen LogP contribution in [0.25, 0.3) is 0 Å². The molecule has 1 saturated heterocycles. The van der Waals surface area contributed by atoms with Gasteiger partial charge in [0, 0.05) is 12.1 Å². The third kappa shape index (κ3) is 4.57. The molecule has 1 heterocycles. The number of nitrogens with zero attached hydrogens (tertiary/aromatic N) is 1. The Balaban J connectivity index is 1.94. The predicted octanol–water partition coefficient (Wildman–Crippen LogP) is 3.71. The minimum absolute atomic E-state index is 0.0479. The van der Waals surface area contributed by atoms with E-state index in [0.717, 1.165) is 44.1 Å². The van der Waals surface area contributed by atoms with Gasteiger partial charge in [-0.05, 0) is 49.3 Å². The van der Waals surface area contributed by atoms with Gasteiger partial charge in [0.15, 0.2) is 9.84 Å². The maximum atomic E-state index is 13.5. The first-order valence-corrected chi connectivity index (χ1v) is 13.3. The molecule has 2 fully saturated rings. The van der Waals surface area contributed by atoms with Crippen molar-refractivity contribution < 1.29 is 16.8 Å². The van der Waals surface area contributed by atoms with Crippen molar-refractivity contribution in [3.63, 3.8) is 0 Å². The highest BCUT2D eigenvalue weighted by atomic mass is 32.2. The summed E-state index contributed by atoms with van der Waals surface area (Å²) >= 11 is 0. The molecule has 1 aliphatic heterocycles. The molecule has 1 aromatic carbocycles. The van der Waals surface area contributed by atoms with E-state index in [0.29, 0.717) is 12.3 Å². The minimum atomic E-state index is -3.71.